The number of amides is 1. The third kappa shape index (κ3) is 4.61. The molecule has 1 aromatic rings. The first-order valence-corrected chi connectivity index (χ1v) is 10.0. The molecule has 1 heterocycles. The van der Waals surface area contributed by atoms with Crippen molar-refractivity contribution >= 4 is 36.4 Å². The number of halogens is 2. The van der Waals surface area contributed by atoms with Gasteiger partial charge in [-0.05, 0) is 26.0 Å². The van der Waals surface area contributed by atoms with E-state index >= 15 is 0 Å². The Balaban J connectivity index is 0.00000210. The number of carbonyl (C=O) groups is 1. The molecule has 1 amide bonds. The van der Waals surface area contributed by atoms with Gasteiger partial charge in [-0.3, -0.25) is 4.79 Å². The van der Waals surface area contributed by atoms with Gasteiger partial charge in [0.1, 0.15) is 11.3 Å². The molecule has 1 saturated carbocycles. The van der Waals surface area contributed by atoms with E-state index in [1.54, 1.807) is 0 Å². The Kier molecular flexibility index (Phi) is 9.09. The lowest BCUT2D eigenvalue weighted by atomic mass is 9.54. The first kappa shape index (κ1) is 25.8. The number of hydrogen-bond acceptors (Lipinski definition) is 5. The first-order chi connectivity index (χ1) is 12.8. The Morgan fingerprint density at radius 2 is 1.72 bits per heavy atom. The Hall–Kier alpha value is -1.21. The minimum Gasteiger partial charge on any atom is -0.492 e. The summed E-state index contributed by atoms with van der Waals surface area (Å²) in [7, 11) is 0. The second-order valence-electron chi connectivity index (χ2n) is 8.02. The zero-order chi connectivity index (χ0) is 19.7. The average molecular weight is 448 g/mol. The smallest absolute Gasteiger partial charge is 0.243 e. The van der Waals surface area contributed by atoms with Gasteiger partial charge in [0.05, 0.1) is 18.4 Å². The van der Waals surface area contributed by atoms with Gasteiger partial charge in [0.15, 0.2) is 0 Å². The molecule has 2 N–H and O–H groups in total. The van der Waals surface area contributed by atoms with Crippen molar-refractivity contribution in [3.05, 3.63) is 24.3 Å². The first-order valence-electron chi connectivity index (χ1n) is 10.0. The van der Waals surface area contributed by atoms with Crippen molar-refractivity contribution in [1.29, 1.82) is 0 Å². The Morgan fingerprint density at radius 1 is 1.10 bits per heavy atom. The summed E-state index contributed by atoms with van der Waals surface area (Å²) in [5.41, 5.74) is 6.49. The fourth-order valence-corrected chi connectivity index (χ4v) is 4.23. The van der Waals surface area contributed by atoms with E-state index in [-0.39, 0.29) is 42.2 Å². The van der Waals surface area contributed by atoms with Crippen LogP contribution in [0.2, 0.25) is 0 Å². The summed E-state index contributed by atoms with van der Waals surface area (Å²) in [5.74, 6) is 0.955. The topological polar surface area (TPSA) is 68.0 Å². The largest absolute Gasteiger partial charge is 0.492 e. The molecule has 3 rings (SSSR count). The number of anilines is 1. The molecule has 0 spiro atoms. The summed E-state index contributed by atoms with van der Waals surface area (Å²) in [4.78, 5) is 17.4. The van der Waals surface area contributed by atoms with E-state index < -0.39 is 5.54 Å². The minimum atomic E-state index is -0.835. The number of ether oxygens (including phenoxy) is 2. The highest BCUT2D eigenvalue weighted by molar-refractivity contribution is 5.89. The molecular formula is C21H35Cl2N3O3. The lowest BCUT2D eigenvalue weighted by Crippen LogP contribution is -2.76. The number of para-hydroxylation sites is 2. The predicted molar refractivity (Wildman–Crippen MR) is 122 cm³/mol. The van der Waals surface area contributed by atoms with Gasteiger partial charge in [0.25, 0.3) is 0 Å². The number of rotatable bonds is 6. The van der Waals surface area contributed by atoms with Crippen LogP contribution in [0.3, 0.4) is 0 Å². The highest BCUT2D eigenvalue weighted by Crippen LogP contribution is 2.50. The molecule has 0 aromatic heterocycles. The van der Waals surface area contributed by atoms with Gasteiger partial charge in [-0.2, -0.15) is 0 Å². The summed E-state index contributed by atoms with van der Waals surface area (Å²) in [6, 6.07) is 8.08. The maximum absolute atomic E-state index is 13.2. The number of carbonyl (C=O) groups excluding carboxylic acids is 1. The number of nitrogens with two attached hydrogens (primary N) is 1. The standard InChI is InChI=1S/C21H33N3O3.2ClH/c1-5-26-17-10-8-7-9-16(17)23-11-13-24(14-12-23)19(25)21(22)15-18(27-6-2)20(21,3)4;;/h7-10,18H,5-6,11-15,22H2,1-4H3;2*1H. The van der Waals surface area contributed by atoms with Gasteiger partial charge >= 0.3 is 0 Å². The van der Waals surface area contributed by atoms with E-state index in [0.717, 1.165) is 24.5 Å². The SMILES string of the molecule is CCOc1ccccc1N1CCN(C(=O)C2(N)CC(OCC)C2(C)C)CC1.Cl.Cl. The molecular weight excluding hydrogens is 413 g/mol. The van der Waals surface area contributed by atoms with Crippen LogP contribution in [0.4, 0.5) is 5.69 Å². The van der Waals surface area contributed by atoms with Gasteiger partial charge in [-0.15, -0.1) is 24.8 Å². The molecule has 2 unspecified atom stereocenters. The molecule has 2 aliphatic rings. The fourth-order valence-electron chi connectivity index (χ4n) is 4.23. The second-order valence-corrected chi connectivity index (χ2v) is 8.02. The van der Waals surface area contributed by atoms with Crippen LogP contribution in [0, 0.1) is 5.41 Å². The zero-order valence-corrected chi connectivity index (χ0v) is 19.5. The molecule has 1 saturated heterocycles. The van der Waals surface area contributed by atoms with Crippen LogP contribution < -0.4 is 15.4 Å². The number of hydrogen-bond donors (Lipinski definition) is 1. The zero-order valence-electron chi connectivity index (χ0n) is 17.8. The van der Waals surface area contributed by atoms with E-state index in [4.69, 9.17) is 15.2 Å². The molecule has 2 atom stereocenters. The monoisotopic (exact) mass is 447 g/mol. The summed E-state index contributed by atoms with van der Waals surface area (Å²) < 4.78 is 11.5. The molecule has 29 heavy (non-hydrogen) atoms. The minimum absolute atomic E-state index is 0. The van der Waals surface area contributed by atoms with Crippen molar-refractivity contribution < 1.29 is 14.3 Å². The molecule has 2 fully saturated rings. The van der Waals surface area contributed by atoms with Gasteiger partial charge in [0.2, 0.25) is 5.91 Å². The van der Waals surface area contributed by atoms with E-state index in [2.05, 4.69) is 11.0 Å². The fraction of sp³-hybridized carbons (Fsp3) is 0.667. The summed E-state index contributed by atoms with van der Waals surface area (Å²) in [5, 5.41) is 0. The van der Waals surface area contributed by atoms with Crippen LogP contribution in [0.25, 0.3) is 0 Å². The van der Waals surface area contributed by atoms with Crippen molar-refractivity contribution in [1.82, 2.24) is 4.90 Å². The van der Waals surface area contributed by atoms with Crippen molar-refractivity contribution in [2.24, 2.45) is 11.1 Å². The van der Waals surface area contributed by atoms with Crippen LogP contribution in [0.1, 0.15) is 34.1 Å². The third-order valence-corrected chi connectivity index (χ3v) is 6.28. The molecule has 1 aliphatic carbocycles. The van der Waals surface area contributed by atoms with Crippen LogP contribution in [0.5, 0.6) is 5.75 Å². The summed E-state index contributed by atoms with van der Waals surface area (Å²) in [6.45, 7) is 12.3. The van der Waals surface area contributed by atoms with Crippen LogP contribution in [-0.2, 0) is 9.53 Å². The lowest BCUT2D eigenvalue weighted by molar-refractivity contribution is -0.179. The number of nitrogens with zero attached hydrogens (tertiary/aromatic N) is 2. The van der Waals surface area contributed by atoms with Gasteiger partial charge in [-0.25, -0.2) is 0 Å². The van der Waals surface area contributed by atoms with Crippen LogP contribution in [0.15, 0.2) is 24.3 Å². The Bertz CT molecular complexity index is 681. The molecule has 1 aromatic carbocycles. The van der Waals surface area contributed by atoms with E-state index in [1.807, 2.05) is 50.8 Å². The molecule has 0 radical (unpaired) electrons. The van der Waals surface area contributed by atoms with E-state index in [1.165, 1.54) is 0 Å². The van der Waals surface area contributed by atoms with Crippen molar-refractivity contribution in [3.63, 3.8) is 0 Å². The molecule has 1 aliphatic heterocycles. The maximum atomic E-state index is 13.2. The maximum Gasteiger partial charge on any atom is 0.243 e. The van der Waals surface area contributed by atoms with E-state index in [9.17, 15) is 4.79 Å². The normalized spacial score (nSPS) is 25.3. The van der Waals surface area contributed by atoms with Crippen molar-refractivity contribution in [2.75, 3.05) is 44.3 Å². The summed E-state index contributed by atoms with van der Waals surface area (Å²) >= 11 is 0. The molecule has 0 bridgehead atoms. The van der Waals surface area contributed by atoms with Crippen molar-refractivity contribution in [3.8, 4) is 5.75 Å². The Morgan fingerprint density at radius 3 is 2.28 bits per heavy atom. The van der Waals surface area contributed by atoms with Gasteiger partial charge in [-0.1, -0.05) is 26.0 Å². The quantitative estimate of drug-likeness (QED) is 0.725. The van der Waals surface area contributed by atoms with Gasteiger partial charge < -0.3 is 25.0 Å². The van der Waals surface area contributed by atoms with Gasteiger partial charge in [0, 0.05) is 44.6 Å². The highest BCUT2D eigenvalue weighted by atomic mass is 35.5. The number of benzene rings is 1. The average Bonchev–Trinajstić information content (AvgIpc) is 2.68. The molecule has 8 heteroatoms. The van der Waals surface area contributed by atoms with E-state index in [0.29, 0.717) is 32.7 Å². The predicted octanol–water partition coefficient (Wildman–Crippen LogP) is 3.11. The molecule has 166 valence electrons. The highest BCUT2D eigenvalue weighted by Gasteiger charge is 2.63. The van der Waals surface area contributed by atoms with Crippen molar-refractivity contribution in [2.45, 2.75) is 45.8 Å². The van der Waals surface area contributed by atoms with Crippen LogP contribution >= 0.6 is 24.8 Å². The third-order valence-electron chi connectivity index (χ3n) is 6.28. The second kappa shape index (κ2) is 10.2. The summed E-state index contributed by atoms with van der Waals surface area (Å²) in [6.07, 6.45) is 0.649. The van der Waals surface area contributed by atoms with Crippen LogP contribution in [-0.4, -0.2) is 61.8 Å². The molecule has 6 nitrogen and oxygen atoms in total. The lowest BCUT2D eigenvalue weighted by Gasteiger charge is -2.59. The Labute approximate surface area is 186 Å². The number of piperazine rings is 1.